The molecule has 4 aromatic rings. The number of aliphatic hydroxyl groups excluding tert-OH is 1. The summed E-state index contributed by atoms with van der Waals surface area (Å²) in [6.45, 7) is 4.54. The number of nitrogens with zero attached hydrogens (tertiary/aromatic N) is 2. The Hall–Kier alpha value is -4.14. The van der Waals surface area contributed by atoms with Gasteiger partial charge in [-0.3, -0.25) is 4.79 Å². The number of halogens is 1. The molecule has 4 rings (SSSR count). The van der Waals surface area contributed by atoms with Crippen LogP contribution in [0.2, 0.25) is 0 Å². The molecule has 0 saturated carbocycles. The highest BCUT2D eigenvalue weighted by Crippen LogP contribution is 2.37. The van der Waals surface area contributed by atoms with Gasteiger partial charge >= 0.3 is 0 Å². The van der Waals surface area contributed by atoms with E-state index in [4.69, 9.17) is 9.84 Å². The topological polar surface area (TPSA) is 96.4 Å². The average Bonchev–Trinajstić information content (AvgIpc) is 2.91. The van der Waals surface area contributed by atoms with E-state index in [0.717, 1.165) is 27.8 Å². The Morgan fingerprint density at radius 2 is 1.76 bits per heavy atom. The van der Waals surface area contributed by atoms with Gasteiger partial charge in [-0.25, -0.2) is 14.4 Å². The molecule has 1 amide bonds. The minimum absolute atomic E-state index is 0.0288. The molecule has 0 aliphatic rings. The highest BCUT2D eigenvalue weighted by atomic mass is 19.1. The third-order valence-electron chi connectivity index (χ3n) is 6.30. The first-order valence-electron chi connectivity index (χ1n) is 11.9. The number of amides is 1. The third kappa shape index (κ3) is 5.66. The largest absolute Gasteiger partial charge is 0.496 e. The van der Waals surface area contributed by atoms with Gasteiger partial charge in [-0.2, -0.15) is 0 Å². The Balaban J connectivity index is 1.70. The van der Waals surface area contributed by atoms with Gasteiger partial charge in [0, 0.05) is 30.5 Å². The van der Waals surface area contributed by atoms with Crippen molar-refractivity contribution < 1.29 is 19.0 Å². The van der Waals surface area contributed by atoms with Gasteiger partial charge in [-0.05, 0) is 71.5 Å². The molecule has 0 bridgehead atoms. The number of carbonyl (C=O) groups is 1. The predicted octanol–water partition coefficient (Wildman–Crippen LogP) is 4.91. The molecule has 0 unspecified atom stereocenters. The van der Waals surface area contributed by atoms with Crippen molar-refractivity contribution in [2.75, 3.05) is 25.6 Å². The van der Waals surface area contributed by atoms with Gasteiger partial charge < -0.3 is 20.5 Å². The lowest BCUT2D eigenvalue weighted by Crippen LogP contribution is -2.18. The number of rotatable bonds is 9. The number of nitrogens with one attached hydrogen (secondary N) is 2. The van der Waals surface area contributed by atoms with Crippen LogP contribution in [-0.2, 0) is 6.54 Å². The summed E-state index contributed by atoms with van der Waals surface area (Å²) in [5.74, 6) is -0.254. The van der Waals surface area contributed by atoms with Crippen LogP contribution in [0.3, 0.4) is 0 Å². The first-order valence-corrected chi connectivity index (χ1v) is 11.9. The molecule has 0 atom stereocenters. The van der Waals surface area contributed by atoms with Crippen molar-refractivity contribution in [3.63, 3.8) is 0 Å². The molecular weight excluding hydrogens is 471 g/mol. The highest BCUT2D eigenvalue weighted by molar-refractivity contribution is 6.03. The molecule has 1 heterocycles. The summed E-state index contributed by atoms with van der Waals surface area (Å²) in [6, 6.07) is 16.5. The van der Waals surface area contributed by atoms with E-state index >= 15 is 4.39 Å². The quantitative estimate of drug-likeness (QED) is 0.283. The monoisotopic (exact) mass is 500 g/mol. The van der Waals surface area contributed by atoms with Gasteiger partial charge in [0.25, 0.3) is 5.91 Å². The second kappa shape index (κ2) is 11.7. The fourth-order valence-corrected chi connectivity index (χ4v) is 4.33. The second-order valence-corrected chi connectivity index (χ2v) is 8.54. The zero-order valence-electron chi connectivity index (χ0n) is 21.0. The average molecular weight is 501 g/mol. The molecule has 37 heavy (non-hydrogen) atoms. The fourth-order valence-electron chi connectivity index (χ4n) is 4.33. The number of methoxy groups -OCH3 is 1. The number of aromatic nitrogens is 2. The maximum Gasteiger partial charge on any atom is 0.274 e. The SMILES string of the molecule is COc1cc(-c2cccc(-c3cccc(NC(=O)c4ccncn4)c3C)c2C)cc(F)c1CNCCO. The van der Waals surface area contributed by atoms with Crippen LogP contribution in [0.4, 0.5) is 10.1 Å². The van der Waals surface area contributed by atoms with Crippen molar-refractivity contribution >= 4 is 11.6 Å². The Bertz CT molecular complexity index is 1410. The molecule has 7 nitrogen and oxygen atoms in total. The van der Waals surface area contributed by atoms with Crippen LogP contribution in [-0.4, -0.2) is 41.2 Å². The summed E-state index contributed by atoms with van der Waals surface area (Å²) >= 11 is 0. The first-order chi connectivity index (χ1) is 17.9. The van der Waals surface area contributed by atoms with Crippen LogP contribution in [0.15, 0.2) is 67.1 Å². The predicted molar refractivity (Wildman–Crippen MR) is 142 cm³/mol. The second-order valence-electron chi connectivity index (χ2n) is 8.54. The minimum Gasteiger partial charge on any atom is -0.496 e. The van der Waals surface area contributed by atoms with E-state index < -0.39 is 0 Å². The smallest absolute Gasteiger partial charge is 0.274 e. The summed E-state index contributed by atoms with van der Waals surface area (Å²) in [5, 5.41) is 14.9. The lowest BCUT2D eigenvalue weighted by Gasteiger charge is -2.18. The van der Waals surface area contributed by atoms with E-state index in [9.17, 15) is 4.79 Å². The molecule has 3 aromatic carbocycles. The molecule has 0 aliphatic carbocycles. The molecule has 3 N–H and O–H groups in total. The molecule has 1 aromatic heterocycles. The van der Waals surface area contributed by atoms with Gasteiger partial charge in [0.05, 0.1) is 13.7 Å². The molecule has 0 radical (unpaired) electrons. The summed E-state index contributed by atoms with van der Waals surface area (Å²) < 4.78 is 20.6. The standard InChI is InChI=1S/C29H29FN4O3/c1-18-21(20-14-25(30)24(16-31-12-13-35)28(15-20)37-3)6-4-7-22(18)23-8-5-9-26(19(23)2)34-29(36)27-10-11-32-17-33-27/h4-11,14-15,17,31,35H,12-13,16H2,1-3H3,(H,34,36). The number of aliphatic hydroxyl groups is 1. The van der Waals surface area contributed by atoms with Crippen molar-refractivity contribution in [2.45, 2.75) is 20.4 Å². The maximum atomic E-state index is 15.1. The number of hydrogen-bond donors (Lipinski definition) is 3. The van der Waals surface area contributed by atoms with Crippen molar-refractivity contribution in [3.05, 3.63) is 95.3 Å². The normalized spacial score (nSPS) is 10.8. The number of ether oxygens (including phenoxy) is 1. The van der Waals surface area contributed by atoms with E-state index in [0.29, 0.717) is 29.1 Å². The van der Waals surface area contributed by atoms with E-state index in [-0.39, 0.29) is 30.6 Å². The van der Waals surface area contributed by atoms with Crippen molar-refractivity contribution in [2.24, 2.45) is 0 Å². The summed E-state index contributed by atoms with van der Waals surface area (Å²) in [5.41, 5.74) is 6.75. The van der Waals surface area contributed by atoms with E-state index in [1.165, 1.54) is 25.7 Å². The van der Waals surface area contributed by atoms with Crippen LogP contribution in [0.1, 0.15) is 27.2 Å². The van der Waals surface area contributed by atoms with Crippen LogP contribution in [0, 0.1) is 19.7 Å². The van der Waals surface area contributed by atoms with Crippen LogP contribution < -0.4 is 15.4 Å². The first kappa shape index (κ1) is 25.9. The van der Waals surface area contributed by atoms with Gasteiger partial charge in [0.2, 0.25) is 0 Å². The van der Waals surface area contributed by atoms with Crippen LogP contribution in [0.5, 0.6) is 5.75 Å². The third-order valence-corrected chi connectivity index (χ3v) is 6.30. The molecule has 0 aliphatic heterocycles. The lowest BCUT2D eigenvalue weighted by atomic mass is 9.90. The fraction of sp³-hybridized carbons (Fsp3) is 0.207. The summed E-state index contributed by atoms with van der Waals surface area (Å²) in [7, 11) is 1.52. The summed E-state index contributed by atoms with van der Waals surface area (Å²) in [4.78, 5) is 20.5. The molecular formula is C29H29FN4O3. The summed E-state index contributed by atoms with van der Waals surface area (Å²) in [6.07, 6.45) is 2.86. The number of carbonyl (C=O) groups excluding carboxylic acids is 1. The van der Waals surface area contributed by atoms with Crippen molar-refractivity contribution in [3.8, 4) is 28.0 Å². The number of anilines is 1. The zero-order chi connectivity index (χ0) is 26.4. The van der Waals surface area contributed by atoms with Crippen molar-refractivity contribution in [1.82, 2.24) is 15.3 Å². The molecule has 0 spiro atoms. The Morgan fingerprint density at radius 1 is 1.03 bits per heavy atom. The molecule has 0 saturated heterocycles. The van der Waals surface area contributed by atoms with E-state index in [2.05, 4.69) is 20.6 Å². The molecule has 8 heteroatoms. The number of benzene rings is 3. The van der Waals surface area contributed by atoms with E-state index in [1.807, 2.05) is 56.3 Å². The Labute approximate surface area is 215 Å². The van der Waals surface area contributed by atoms with Crippen molar-refractivity contribution in [1.29, 1.82) is 0 Å². The highest BCUT2D eigenvalue weighted by Gasteiger charge is 2.17. The van der Waals surface area contributed by atoms with Crippen LogP contribution in [0.25, 0.3) is 22.3 Å². The Kier molecular flexibility index (Phi) is 8.22. The lowest BCUT2D eigenvalue weighted by molar-refractivity contribution is 0.102. The molecule has 190 valence electrons. The maximum absolute atomic E-state index is 15.1. The van der Waals surface area contributed by atoms with Gasteiger partial charge in [0.15, 0.2) is 0 Å². The van der Waals surface area contributed by atoms with E-state index in [1.54, 1.807) is 6.07 Å². The minimum atomic E-state index is -0.379. The number of hydrogen-bond acceptors (Lipinski definition) is 6. The Morgan fingerprint density at radius 3 is 2.46 bits per heavy atom. The van der Waals surface area contributed by atoms with Crippen LogP contribution >= 0.6 is 0 Å². The van der Waals surface area contributed by atoms with Gasteiger partial charge in [0.1, 0.15) is 23.6 Å². The van der Waals surface area contributed by atoms with Gasteiger partial charge in [-0.1, -0.05) is 30.3 Å². The van der Waals surface area contributed by atoms with Gasteiger partial charge in [-0.15, -0.1) is 0 Å². The molecule has 0 fully saturated rings. The zero-order valence-corrected chi connectivity index (χ0v) is 21.0.